The van der Waals surface area contributed by atoms with Crippen molar-refractivity contribution in [3.63, 3.8) is 0 Å². The summed E-state index contributed by atoms with van der Waals surface area (Å²) in [5.41, 5.74) is 15.4. The zero-order valence-corrected chi connectivity index (χ0v) is 33.6. The molecule has 52 heavy (non-hydrogen) atoms. The van der Waals surface area contributed by atoms with E-state index in [1.165, 1.54) is 0 Å². The van der Waals surface area contributed by atoms with Crippen LogP contribution in [0.4, 0.5) is 0 Å². The molecule has 4 nitrogen and oxygen atoms in total. The van der Waals surface area contributed by atoms with E-state index in [9.17, 15) is 0 Å². The van der Waals surface area contributed by atoms with Crippen molar-refractivity contribution in [2.45, 2.75) is 0 Å². The van der Waals surface area contributed by atoms with Gasteiger partial charge in [0, 0.05) is 62.3 Å². The highest BCUT2D eigenvalue weighted by Crippen LogP contribution is 2.49. The van der Waals surface area contributed by atoms with E-state index in [0.29, 0.717) is 0 Å². The van der Waals surface area contributed by atoms with E-state index in [4.69, 9.17) is 9.97 Å². The number of aromatic amines is 2. The third-order valence-electron chi connectivity index (χ3n) is 9.21. The van der Waals surface area contributed by atoms with Crippen molar-refractivity contribution in [1.29, 1.82) is 0 Å². The monoisotopic (exact) mass is 926 g/mol. The molecule has 9 rings (SSSR count). The Morgan fingerprint density at radius 3 is 1.48 bits per heavy atom. The van der Waals surface area contributed by atoms with Crippen LogP contribution in [0.15, 0.2) is 145 Å². The average Bonchev–Trinajstić information content (AvgIpc) is 3.95. The standard InChI is InChI=1S/C44H26Br4N4/c45-35-13-5-1-9-30(35)34-23-29-22-27-18-17-25(49-27)21-26-19-20-28(50-26)24-39-40(31-10-2-6-14-36(31)46)41(32-11-3-7-15-37(32)47)44(52-39)42(43(34)51-29)33-12-4-8-16-38(33)48/h1-24,49,52H. The largest absolute Gasteiger partial charge is 0.355 e. The predicted molar refractivity (Wildman–Crippen MR) is 230 cm³/mol. The second-order valence-electron chi connectivity index (χ2n) is 12.5. The number of hydrogen-bond acceptors (Lipinski definition) is 2. The Balaban J connectivity index is 1.58. The minimum absolute atomic E-state index is 0.839. The van der Waals surface area contributed by atoms with Crippen LogP contribution >= 0.6 is 63.7 Å². The van der Waals surface area contributed by atoms with Crippen molar-refractivity contribution in [2.24, 2.45) is 0 Å². The average molecular weight is 930 g/mol. The summed E-state index contributed by atoms with van der Waals surface area (Å²) in [6.07, 6.45) is 6.30. The molecular formula is C44H26Br4N4. The van der Waals surface area contributed by atoms with Crippen molar-refractivity contribution in [1.82, 2.24) is 19.9 Å². The highest BCUT2D eigenvalue weighted by Gasteiger charge is 2.27. The number of nitrogens with one attached hydrogen (secondary N) is 2. The molecule has 8 bridgehead atoms. The highest BCUT2D eigenvalue weighted by molar-refractivity contribution is 9.11. The van der Waals surface area contributed by atoms with Crippen LogP contribution in [0.1, 0.15) is 28.3 Å². The summed E-state index contributed by atoms with van der Waals surface area (Å²) in [7, 11) is 0. The van der Waals surface area contributed by atoms with E-state index in [1.54, 1.807) is 0 Å². The lowest BCUT2D eigenvalue weighted by molar-refractivity contribution is 1.30. The molecule has 0 radical (unpaired) electrons. The molecule has 4 aromatic carbocycles. The Hall–Kier alpha value is -4.60. The molecule has 0 aliphatic carbocycles. The molecule has 0 spiro atoms. The smallest absolute Gasteiger partial charge is 0.0816 e. The molecule has 3 aromatic heterocycles. The van der Waals surface area contributed by atoms with Gasteiger partial charge in [0.25, 0.3) is 0 Å². The fourth-order valence-corrected chi connectivity index (χ4v) is 8.89. The summed E-state index contributed by atoms with van der Waals surface area (Å²) < 4.78 is 3.91. The maximum absolute atomic E-state index is 5.48. The van der Waals surface area contributed by atoms with E-state index in [-0.39, 0.29) is 0 Å². The van der Waals surface area contributed by atoms with Gasteiger partial charge in [0.05, 0.1) is 28.3 Å². The maximum atomic E-state index is 5.48. The highest BCUT2D eigenvalue weighted by atomic mass is 79.9. The van der Waals surface area contributed by atoms with E-state index < -0.39 is 0 Å². The summed E-state index contributed by atoms with van der Waals surface area (Å²) in [5.74, 6) is 0. The zero-order chi connectivity index (χ0) is 35.3. The van der Waals surface area contributed by atoms with Crippen molar-refractivity contribution in [3.8, 4) is 33.4 Å². The second-order valence-corrected chi connectivity index (χ2v) is 15.9. The van der Waals surface area contributed by atoms with Gasteiger partial charge in [0.2, 0.25) is 0 Å². The Kier molecular flexibility index (Phi) is 8.79. The van der Waals surface area contributed by atoms with Gasteiger partial charge in [0.1, 0.15) is 0 Å². The number of nitrogens with zero attached hydrogens (tertiary/aromatic N) is 2. The number of benzene rings is 4. The molecule has 0 saturated carbocycles. The van der Waals surface area contributed by atoms with Crippen LogP contribution in [0, 0.1) is 0 Å². The minimum atomic E-state index is 0.839. The molecule has 7 aromatic rings. The third-order valence-corrected chi connectivity index (χ3v) is 12.0. The minimum Gasteiger partial charge on any atom is -0.355 e. The molecule has 8 heteroatoms. The van der Waals surface area contributed by atoms with Crippen molar-refractivity contribution in [2.75, 3.05) is 0 Å². The van der Waals surface area contributed by atoms with Crippen LogP contribution in [0.3, 0.4) is 0 Å². The van der Waals surface area contributed by atoms with Gasteiger partial charge < -0.3 is 9.97 Å². The van der Waals surface area contributed by atoms with Gasteiger partial charge in [-0.15, -0.1) is 0 Å². The molecule has 5 heterocycles. The SMILES string of the molecule is Brc1ccccc1C1=Cc2cc3ccc(cc4nc(cc5[nH]c(c(-c6ccccc6Br)c1n2)c(-c1ccccc1Br)c5-c1ccccc1Br)C=C4)[nH]3. The lowest BCUT2D eigenvalue weighted by Crippen LogP contribution is -1.94. The van der Waals surface area contributed by atoms with Gasteiger partial charge in [0.15, 0.2) is 0 Å². The molecule has 0 fully saturated rings. The van der Waals surface area contributed by atoms with Crippen LogP contribution in [0.2, 0.25) is 0 Å². The molecule has 0 amide bonds. The molecule has 250 valence electrons. The first kappa shape index (κ1) is 33.3. The van der Waals surface area contributed by atoms with Crippen LogP contribution in [0.25, 0.3) is 79.2 Å². The van der Waals surface area contributed by atoms with E-state index in [0.717, 1.165) is 107 Å². The number of fused-ring (bicyclic) bond motifs is 8. The first-order valence-corrected chi connectivity index (χ1v) is 19.8. The van der Waals surface area contributed by atoms with Crippen molar-refractivity contribution >= 4 is 110 Å². The fourth-order valence-electron chi connectivity index (χ4n) is 6.94. The first-order valence-electron chi connectivity index (χ1n) is 16.6. The van der Waals surface area contributed by atoms with Crippen LogP contribution in [-0.2, 0) is 0 Å². The summed E-state index contributed by atoms with van der Waals surface area (Å²) in [6, 6.07) is 44.0. The van der Waals surface area contributed by atoms with Crippen LogP contribution < -0.4 is 0 Å². The number of hydrogen-bond donors (Lipinski definition) is 2. The van der Waals surface area contributed by atoms with Crippen molar-refractivity contribution < 1.29 is 0 Å². The summed E-state index contributed by atoms with van der Waals surface area (Å²) in [6.45, 7) is 0. The normalized spacial score (nSPS) is 12.3. The lowest BCUT2D eigenvalue weighted by atomic mass is 9.91. The van der Waals surface area contributed by atoms with Gasteiger partial charge in [-0.1, -0.05) is 137 Å². The van der Waals surface area contributed by atoms with Crippen molar-refractivity contribution in [3.05, 3.63) is 174 Å². The number of halogens is 4. The molecule has 2 aliphatic heterocycles. The topological polar surface area (TPSA) is 57.4 Å². The molecule has 0 atom stereocenters. The molecule has 0 saturated heterocycles. The Morgan fingerprint density at radius 2 is 0.904 bits per heavy atom. The molecule has 2 aliphatic rings. The van der Waals surface area contributed by atoms with Gasteiger partial charge in [-0.05, 0) is 89.5 Å². The third kappa shape index (κ3) is 6.07. The van der Waals surface area contributed by atoms with E-state index in [2.05, 4.69) is 201 Å². The summed E-state index contributed by atoms with van der Waals surface area (Å²) in [5, 5.41) is 0. The number of aromatic nitrogens is 4. The quantitative estimate of drug-likeness (QED) is 0.185. The zero-order valence-electron chi connectivity index (χ0n) is 27.3. The van der Waals surface area contributed by atoms with Gasteiger partial charge >= 0.3 is 0 Å². The van der Waals surface area contributed by atoms with E-state index >= 15 is 0 Å². The first-order chi connectivity index (χ1) is 25.4. The Bertz CT molecular complexity index is 2810. The number of H-pyrrole nitrogens is 2. The van der Waals surface area contributed by atoms with Crippen LogP contribution in [-0.4, -0.2) is 19.9 Å². The predicted octanol–water partition coefficient (Wildman–Crippen LogP) is 14.1. The van der Waals surface area contributed by atoms with Gasteiger partial charge in [-0.2, -0.15) is 0 Å². The van der Waals surface area contributed by atoms with E-state index in [1.807, 2.05) is 18.2 Å². The lowest BCUT2D eigenvalue weighted by Gasteiger charge is -2.15. The van der Waals surface area contributed by atoms with Crippen LogP contribution in [0.5, 0.6) is 0 Å². The van der Waals surface area contributed by atoms with Gasteiger partial charge in [-0.25, -0.2) is 9.97 Å². The Labute approximate surface area is 334 Å². The summed E-state index contributed by atoms with van der Waals surface area (Å²) >= 11 is 15.7. The molecule has 2 N–H and O–H groups in total. The fraction of sp³-hybridized carbons (Fsp3) is 0. The second kappa shape index (κ2) is 13.7. The molecule has 0 unspecified atom stereocenters. The Morgan fingerprint density at radius 1 is 0.423 bits per heavy atom. The summed E-state index contributed by atoms with van der Waals surface area (Å²) in [4.78, 5) is 18.0. The maximum Gasteiger partial charge on any atom is 0.0816 e. The molecular weight excluding hydrogens is 904 g/mol. The number of rotatable bonds is 4. The van der Waals surface area contributed by atoms with Gasteiger partial charge in [-0.3, -0.25) is 0 Å².